The lowest BCUT2D eigenvalue weighted by atomic mass is 10.2. The summed E-state index contributed by atoms with van der Waals surface area (Å²) in [4.78, 5) is 23.8. The molecule has 1 fully saturated rings. The summed E-state index contributed by atoms with van der Waals surface area (Å²) in [5.41, 5.74) is 3.10. The molecule has 4 aromatic rings. The quantitative estimate of drug-likeness (QED) is 0.570. The van der Waals surface area contributed by atoms with Crippen LogP contribution in [0.25, 0.3) is 16.8 Å². The molecule has 0 radical (unpaired) electrons. The van der Waals surface area contributed by atoms with E-state index in [1.54, 1.807) is 27.7 Å². The van der Waals surface area contributed by atoms with Crippen molar-refractivity contribution in [3.63, 3.8) is 0 Å². The number of aryl methyl sites for hydroxylation is 1. The Kier molecular flexibility index (Phi) is 4.19. The van der Waals surface area contributed by atoms with Crippen molar-refractivity contribution < 1.29 is 4.79 Å². The number of pyridine rings is 1. The largest absolute Gasteiger partial charge is 0.346 e. The molecular formula is C20H20N8O. The van der Waals surface area contributed by atoms with Crippen molar-refractivity contribution in [1.29, 1.82) is 0 Å². The van der Waals surface area contributed by atoms with Gasteiger partial charge in [-0.05, 0) is 30.7 Å². The minimum atomic E-state index is -0.162. The maximum Gasteiger partial charge on any atom is 0.272 e. The Hall–Kier alpha value is -3.75. The van der Waals surface area contributed by atoms with E-state index in [0.717, 1.165) is 29.7 Å². The number of nitrogens with one attached hydrogen (secondary N) is 1. The number of aromatic nitrogens is 6. The third-order valence-electron chi connectivity index (χ3n) is 5.05. The van der Waals surface area contributed by atoms with Gasteiger partial charge in [-0.1, -0.05) is 6.07 Å². The van der Waals surface area contributed by atoms with Crippen LogP contribution >= 0.6 is 0 Å². The molecule has 0 saturated carbocycles. The summed E-state index contributed by atoms with van der Waals surface area (Å²) in [5, 5.41) is 11.6. The average molecular weight is 388 g/mol. The normalized spacial score (nSPS) is 16.4. The molecule has 4 aromatic heterocycles. The van der Waals surface area contributed by atoms with E-state index in [9.17, 15) is 4.79 Å². The zero-order valence-electron chi connectivity index (χ0n) is 15.9. The molecule has 1 aliphatic heterocycles. The topological polar surface area (TPSA) is 93.2 Å². The molecule has 5 rings (SSSR count). The summed E-state index contributed by atoms with van der Waals surface area (Å²) in [6, 6.07) is 9.43. The maximum atomic E-state index is 12.6. The Labute approximate surface area is 167 Å². The first-order chi connectivity index (χ1) is 14.2. The van der Waals surface area contributed by atoms with E-state index < -0.39 is 0 Å². The Morgan fingerprint density at radius 2 is 2.21 bits per heavy atom. The molecule has 1 amide bonds. The van der Waals surface area contributed by atoms with Crippen molar-refractivity contribution in [3.8, 4) is 11.3 Å². The van der Waals surface area contributed by atoms with Crippen molar-refractivity contribution in [1.82, 2.24) is 34.7 Å². The fourth-order valence-corrected chi connectivity index (χ4v) is 3.58. The molecule has 9 heteroatoms. The number of rotatable bonds is 4. The van der Waals surface area contributed by atoms with Gasteiger partial charge in [0.05, 0.1) is 17.4 Å². The van der Waals surface area contributed by atoms with Crippen LogP contribution < -0.4 is 10.2 Å². The number of fused-ring (bicyclic) bond motifs is 1. The number of anilines is 1. The summed E-state index contributed by atoms with van der Waals surface area (Å²) in [7, 11) is 1.88. The highest BCUT2D eigenvalue weighted by Crippen LogP contribution is 2.21. The van der Waals surface area contributed by atoms with E-state index in [2.05, 4.69) is 30.4 Å². The van der Waals surface area contributed by atoms with Gasteiger partial charge in [-0.3, -0.25) is 9.48 Å². The first kappa shape index (κ1) is 17.4. The minimum Gasteiger partial charge on any atom is -0.346 e. The van der Waals surface area contributed by atoms with E-state index in [1.165, 1.54) is 0 Å². The van der Waals surface area contributed by atoms with Gasteiger partial charge in [-0.25, -0.2) is 14.5 Å². The number of hydrogen-bond acceptors (Lipinski definition) is 6. The highest BCUT2D eigenvalue weighted by Gasteiger charge is 2.27. The third kappa shape index (κ3) is 3.42. The molecule has 0 aromatic carbocycles. The summed E-state index contributed by atoms with van der Waals surface area (Å²) in [6.45, 7) is 1.45. The average Bonchev–Trinajstić information content (AvgIpc) is 3.47. The summed E-state index contributed by atoms with van der Waals surface area (Å²) in [5.74, 6) is 0.501. The molecule has 1 aliphatic rings. The lowest BCUT2D eigenvalue weighted by molar-refractivity contribution is 0.0935. The predicted molar refractivity (Wildman–Crippen MR) is 108 cm³/mol. The summed E-state index contributed by atoms with van der Waals surface area (Å²) < 4.78 is 3.45. The number of carbonyl (C=O) groups excluding carboxylic acids is 1. The standard InChI is InChI=1S/C20H20N8O/c1-26-12-14(11-22-26)17-5-7-21-20(24-17)27-9-6-15(13-27)23-19(29)18-10-16-4-2-3-8-28(16)25-18/h2-5,7-8,10-12,15H,6,9,13H2,1H3,(H,23,29). The van der Waals surface area contributed by atoms with E-state index >= 15 is 0 Å². The van der Waals surface area contributed by atoms with Crippen LogP contribution in [0.15, 0.2) is 55.1 Å². The Morgan fingerprint density at radius 3 is 3.03 bits per heavy atom. The molecule has 0 bridgehead atoms. The number of amides is 1. The number of nitrogens with zero attached hydrogens (tertiary/aromatic N) is 7. The van der Waals surface area contributed by atoms with Gasteiger partial charge in [0.25, 0.3) is 5.91 Å². The summed E-state index contributed by atoms with van der Waals surface area (Å²) in [6.07, 6.45) is 8.13. The van der Waals surface area contributed by atoms with Crippen molar-refractivity contribution in [2.75, 3.05) is 18.0 Å². The second kappa shape index (κ2) is 7.01. The van der Waals surface area contributed by atoms with Crippen LogP contribution in [0.1, 0.15) is 16.9 Å². The van der Waals surface area contributed by atoms with Gasteiger partial charge < -0.3 is 10.2 Å². The van der Waals surface area contributed by atoms with Gasteiger partial charge in [-0.2, -0.15) is 10.2 Å². The van der Waals surface area contributed by atoms with Crippen LogP contribution in [-0.4, -0.2) is 54.4 Å². The van der Waals surface area contributed by atoms with E-state index in [4.69, 9.17) is 0 Å². The van der Waals surface area contributed by atoms with Gasteiger partial charge in [0.1, 0.15) is 0 Å². The minimum absolute atomic E-state index is 0.0259. The van der Waals surface area contributed by atoms with Crippen molar-refractivity contribution in [2.24, 2.45) is 7.05 Å². The fourth-order valence-electron chi connectivity index (χ4n) is 3.58. The monoisotopic (exact) mass is 388 g/mol. The second-order valence-electron chi connectivity index (χ2n) is 7.15. The molecule has 29 heavy (non-hydrogen) atoms. The highest BCUT2D eigenvalue weighted by molar-refractivity contribution is 5.93. The first-order valence-corrected chi connectivity index (χ1v) is 9.48. The zero-order chi connectivity index (χ0) is 19.8. The molecular weight excluding hydrogens is 368 g/mol. The fraction of sp³-hybridized carbons (Fsp3) is 0.250. The first-order valence-electron chi connectivity index (χ1n) is 9.48. The van der Waals surface area contributed by atoms with E-state index in [0.29, 0.717) is 18.2 Å². The third-order valence-corrected chi connectivity index (χ3v) is 5.05. The Balaban J connectivity index is 1.27. The molecule has 1 saturated heterocycles. The lowest BCUT2D eigenvalue weighted by Gasteiger charge is -2.17. The summed E-state index contributed by atoms with van der Waals surface area (Å²) >= 11 is 0. The van der Waals surface area contributed by atoms with Gasteiger partial charge in [0, 0.05) is 50.3 Å². The SMILES string of the molecule is Cn1cc(-c2ccnc(N3CCC(NC(=O)c4cc5ccccn5n4)C3)n2)cn1. The number of carbonyl (C=O) groups is 1. The predicted octanol–water partition coefficient (Wildman–Crippen LogP) is 1.53. The van der Waals surface area contributed by atoms with Gasteiger partial charge in [0.15, 0.2) is 5.69 Å². The molecule has 1 unspecified atom stereocenters. The van der Waals surface area contributed by atoms with Crippen LogP contribution in [0.3, 0.4) is 0 Å². The second-order valence-corrected chi connectivity index (χ2v) is 7.15. The molecule has 1 N–H and O–H groups in total. The zero-order valence-corrected chi connectivity index (χ0v) is 15.9. The van der Waals surface area contributed by atoms with E-state index in [-0.39, 0.29) is 11.9 Å². The van der Waals surface area contributed by atoms with Crippen LogP contribution in [0.2, 0.25) is 0 Å². The van der Waals surface area contributed by atoms with Crippen molar-refractivity contribution in [2.45, 2.75) is 12.5 Å². The maximum absolute atomic E-state index is 12.6. The Morgan fingerprint density at radius 1 is 1.28 bits per heavy atom. The molecule has 0 aliphatic carbocycles. The lowest BCUT2D eigenvalue weighted by Crippen LogP contribution is -2.37. The molecule has 146 valence electrons. The van der Waals surface area contributed by atoms with Gasteiger partial charge >= 0.3 is 0 Å². The van der Waals surface area contributed by atoms with Gasteiger partial charge in [-0.15, -0.1) is 0 Å². The van der Waals surface area contributed by atoms with Crippen LogP contribution in [0.5, 0.6) is 0 Å². The molecule has 9 nitrogen and oxygen atoms in total. The van der Waals surface area contributed by atoms with Crippen LogP contribution in [0.4, 0.5) is 5.95 Å². The smallest absolute Gasteiger partial charge is 0.272 e. The van der Waals surface area contributed by atoms with Crippen molar-refractivity contribution in [3.05, 3.63) is 60.8 Å². The Bertz CT molecular complexity index is 1150. The number of hydrogen-bond donors (Lipinski definition) is 1. The van der Waals surface area contributed by atoms with Crippen LogP contribution in [0, 0.1) is 0 Å². The van der Waals surface area contributed by atoms with Crippen molar-refractivity contribution >= 4 is 17.4 Å². The molecule has 1 atom stereocenters. The molecule has 0 spiro atoms. The van der Waals surface area contributed by atoms with E-state index in [1.807, 2.05) is 43.7 Å². The molecule has 5 heterocycles. The highest BCUT2D eigenvalue weighted by atomic mass is 16.2. The van der Waals surface area contributed by atoms with Gasteiger partial charge in [0.2, 0.25) is 5.95 Å². The van der Waals surface area contributed by atoms with Crippen LogP contribution in [-0.2, 0) is 7.05 Å².